The lowest BCUT2D eigenvalue weighted by atomic mass is 10.0. The van der Waals surface area contributed by atoms with E-state index in [1.54, 1.807) is 0 Å². The molecule has 118 valence electrons. The van der Waals surface area contributed by atoms with Gasteiger partial charge in [-0.2, -0.15) is 0 Å². The molecule has 0 rings (SSSR count). The molecular weight excluding hydrogens is 258 g/mol. The Morgan fingerprint density at radius 3 is 1.16 bits per heavy atom. The third kappa shape index (κ3) is 11.2. The molecule has 0 unspecified atom stereocenters. The normalized spacial score (nSPS) is 18.0. The van der Waals surface area contributed by atoms with Gasteiger partial charge >= 0.3 is 0 Å². The van der Waals surface area contributed by atoms with Gasteiger partial charge in [0.2, 0.25) is 0 Å². The van der Waals surface area contributed by atoms with Crippen LogP contribution >= 0.6 is 0 Å². The molecule has 0 aliphatic carbocycles. The predicted octanol–water partition coefficient (Wildman–Crippen LogP) is -3.90. The number of quaternary nitrogens is 1. The number of hydrogen-bond acceptors (Lipinski definition) is 7. The van der Waals surface area contributed by atoms with E-state index < -0.39 is 37.6 Å². The number of aliphatic hydroxyl groups excluding tert-OH is 7. The van der Waals surface area contributed by atoms with Crippen LogP contribution in [0.5, 0.6) is 0 Å². The van der Waals surface area contributed by atoms with E-state index in [1.165, 1.54) is 0 Å². The van der Waals surface area contributed by atoms with Gasteiger partial charge in [0.15, 0.2) is 0 Å². The summed E-state index contributed by atoms with van der Waals surface area (Å²) in [5.74, 6) is 0. The highest BCUT2D eigenvalue weighted by Gasteiger charge is 2.29. The summed E-state index contributed by atoms with van der Waals surface area (Å²) in [5, 5.41) is 60.6. The molecule has 0 saturated heterocycles. The highest BCUT2D eigenvalue weighted by Crippen LogP contribution is 2.04. The van der Waals surface area contributed by atoms with Gasteiger partial charge in [-0.1, -0.05) is 0 Å². The van der Waals surface area contributed by atoms with Crippen molar-refractivity contribution in [2.75, 3.05) is 47.5 Å². The van der Waals surface area contributed by atoms with Crippen LogP contribution in [0.4, 0.5) is 0 Å². The molecule has 8 heteroatoms. The van der Waals surface area contributed by atoms with Crippen LogP contribution in [0.25, 0.3) is 0 Å². The summed E-state index contributed by atoms with van der Waals surface area (Å²) in [6.45, 7) is -0.337. The van der Waals surface area contributed by atoms with E-state index in [2.05, 4.69) is 21.1 Å². The minimum absolute atomic E-state index is 0.281. The summed E-state index contributed by atoms with van der Waals surface area (Å²) in [7, 11) is 6.16. The van der Waals surface area contributed by atoms with Crippen molar-refractivity contribution >= 4 is 0 Å². The maximum atomic E-state index is 8.96. The van der Waals surface area contributed by atoms with E-state index in [0.717, 1.165) is 11.0 Å². The summed E-state index contributed by atoms with van der Waals surface area (Å²) >= 11 is 0. The van der Waals surface area contributed by atoms with Crippen molar-refractivity contribution in [3.8, 4) is 0 Å². The number of hydrogen-bond donors (Lipinski definition) is 7. The summed E-state index contributed by atoms with van der Waals surface area (Å²) < 4.78 is 0.844. The molecule has 0 aliphatic rings. The molecular formula is C11H28NO7+. The second kappa shape index (κ2) is 10.5. The van der Waals surface area contributed by atoms with Gasteiger partial charge < -0.3 is 40.2 Å². The smallest absolute Gasteiger partial charge is 0.111 e. The van der Waals surface area contributed by atoms with Crippen molar-refractivity contribution in [2.45, 2.75) is 24.4 Å². The molecule has 0 aromatic carbocycles. The van der Waals surface area contributed by atoms with Gasteiger partial charge in [-0.15, -0.1) is 0 Å². The first-order valence-electron chi connectivity index (χ1n) is 5.96. The molecule has 0 fully saturated rings. The SMILES string of the molecule is C[N+](C)(C)CCO.OC[C@@H](O)[C@H](O)[C@H](O)[C@@H](O)CO. The van der Waals surface area contributed by atoms with Crippen molar-refractivity contribution in [1.82, 2.24) is 0 Å². The zero-order valence-corrected chi connectivity index (χ0v) is 11.7. The minimum atomic E-state index is -1.67. The maximum Gasteiger partial charge on any atom is 0.111 e. The molecule has 0 amide bonds. The van der Waals surface area contributed by atoms with Crippen LogP contribution in [0, 0.1) is 0 Å². The van der Waals surface area contributed by atoms with E-state index in [-0.39, 0.29) is 6.61 Å². The Kier molecular flexibility index (Phi) is 11.6. The monoisotopic (exact) mass is 286 g/mol. The van der Waals surface area contributed by atoms with Crippen LogP contribution in [0.2, 0.25) is 0 Å². The van der Waals surface area contributed by atoms with Gasteiger partial charge in [-0.05, 0) is 0 Å². The first kappa shape index (κ1) is 21.0. The fourth-order valence-corrected chi connectivity index (χ4v) is 0.971. The van der Waals surface area contributed by atoms with E-state index in [9.17, 15) is 0 Å². The molecule has 19 heavy (non-hydrogen) atoms. The van der Waals surface area contributed by atoms with E-state index in [0.29, 0.717) is 0 Å². The third-order valence-electron chi connectivity index (χ3n) is 2.28. The van der Waals surface area contributed by atoms with Gasteiger partial charge in [-0.3, -0.25) is 0 Å². The number of likely N-dealkylation sites (N-methyl/N-ethyl adjacent to an activating group) is 1. The Labute approximate surface area is 113 Å². The van der Waals surface area contributed by atoms with Crippen molar-refractivity contribution in [1.29, 1.82) is 0 Å². The van der Waals surface area contributed by atoms with Crippen molar-refractivity contribution in [3.05, 3.63) is 0 Å². The minimum Gasteiger partial charge on any atom is -0.394 e. The highest BCUT2D eigenvalue weighted by molar-refractivity contribution is 4.79. The molecule has 0 aromatic rings. The lowest BCUT2D eigenvalue weighted by Gasteiger charge is -2.24. The second-order valence-electron chi connectivity index (χ2n) is 5.22. The number of nitrogens with zero attached hydrogens (tertiary/aromatic N) is 1. The van der Waals surface area contributed by atoms with Crippen molar-refractivity contribution in [2.24, 2.45) is 0 Å². The van der Waals surface area contributed by atoms with E-state index in [1.807, 2.05) is 0 Å². The Balaban J connectivity index is 0. The maximum absolute atomic E-state index is 8.96. The van der Waals surface area contributed by atoms with Crippen LogP contribution in [0.15, 0.2) is 0 Å². The Bertz CT molecular complexity index is 196. The number of rotatable bonds is 7. The van der Waals surface area contributed by atoms with Crippen LogP contribution in [0.1, 0.15) is 0 Å². The van der Waals surface area contributed by atoms with Crippen LogP contribution < -0.4 is 0 Å². The first-order chi connectivity index (χ1) is 8.60. The fraction of sp³-hybridized carbons (Fsp3) is 1.00. The lowest BCUT2D eigenvalue weighted by Crippen LogP contribution is -2.46. The molecule has 0 aliphatic heterocycles. The average molecular weight is 286 g/mol. The molecule has 0 bridgehead atoms. The van der Waals surface area contributed by atoms with Gasteiger partial charge in [0.05, 0.1) is 41.0 Å². The zero-order chi connectivity index (χ0) is 15.6. The van der Waals surface area contributed by atoms with Gasteiger partial charge in [-0.25, -0.2) is 0 Å². The standard InChI is InChI=1S/C6H14O6.C5H14NO/c7-1-3(9)5(11)6(12)4(10)2-8;1-6(2,3)4-5-7/h3-12H,1-2H2;7H,4-5H2,1-3H3/q;+1/t3-,4+,5+,6-;. The first-order valence-corrected chi connectivity index (χ1v) is 5.96. The molecule has 0 heterocycles. The van der Waals surface area contributed by atoms with Crippen LogP contribution in [0.3, 0.4) is 0 Å². The number of aliphatic hydroxyl groups is 7. The molecule has 0 saturated carbocycles. The fourth-order valence-electron chi connectivity index (χ4n) is 0.971. The summed E-state index contributed by atoms with van der Waals surface area (Å²) in [4.78, 5) is 0. The van der Waals surface area contributed by atoms with Gasteiger partial charge in [0, 0.05) is 0 Å². The summed E-state index contributed by atoms with van der Waals surface area (Å²) in [5.41, 5.74) is 0. The van der Waals surface area contributed by atoms with Crippen molar-refractivity contribution < 1.29 is 40.2 Å². The summed E-state index contributed by atoms with van der Waals surface area (Å²) in [6, 6.07) is 0. The lowest BCUT2D eigenvalue weighted by molar-refractivity contribution is -0.870. The molecule has 0 radical (unpaired) electrons. The highest BCUT2D eigenvalue weighted by atomic mass is 16.4. The summed E-state index contributed by atoms with van der Waals surface area (Å²) in [6.07, 6.45) is -6.39. The molecule has 8 nitrogen and oxygen atoms in total. The zero-order valence-electron chi connectivity index (χ0n) is 11.7. The topological polar surface area (TPSA) is 142 Å². The predicted molar refractivity (Wildman–Crippen MR) is 68.2 cm³/mol. The quantitative estimate of drug-likeness (QED) is 0.237. The third-order valence-corrected chi connectivity index (χ3v) is 2.28. The van der Waals surface area contributed by atoms with Gasteiger partial charge in [0.25, 0.3) is 0 Å². The van der Waals surface area contributed by atoms with Gasteiger partial charge in [0.1, 0.15) is 31.0 Å². The van der Waals surface area contributed by atoms with E-state index in [4.69, 9.17) is 35.7 Å². The Morgan fingerprint density at radius 1 is 0.737 bits per heavy atom. The second-order valence-corrected chi connectivity index (χ2v) is 5.22. The van der Waals surface area contributed by atoms with Crippen molar-refractivity contribution in [3.63, 3.8) is 0 Å². The Morgan fingerprint density at radius 2 is 1.05 bits per heavy atom. The largest absolute Gasteiger partial charge is 0.394 e. The molecule has 4 atom stereocenters. The average Bonchev–Trinajstić information content (AvgIpc) is 2.34. The molecule has 7 N–H and O–H groups in total. The molecule has 0 aromatic heterocycles. The van der Waals surface area contributed by atoms with Crippen LogP contribution in [-0.2, 0) is 0 Å². The molecule has 0 spiro atoms. The Hall–Kier alpha value is -0.320. The van der Waals surface area contributed by atoms with E-state index >= 15 is 0 Å². The van der Waals surface area contributed by atoms with Crippen LogP contribution in [-0.4, -0.2) is 112 Å².